The number of aromatic nitrogens is 1. The highest BCUT2D eigenvalue weighted by atomic mass is 16.3. The van der Waals surface area contributed by atoms with E-state index in [0.717, 1.165) is 17.9 Å². The standard InChI is InChI=1S/C11H15NO/c13-11(4-3-9-1-2-9)10-5-7-12-8-6-10/h5-9,11,13H,1-4H2. The molecule has 1 saturated carbocycles. The van der Waals surface area contributed by atoms with Crippen molar-refractivity contribution in [3.63, 3.8) is 0 Å². The van der Waals surface area contributed by atoms with Gasteiger partial charge in [-0.05, 0) is 36.5 Å². The molecule has 1 aliphatic rings. The summed E-state index contributed by atoms with van der Waals surface area (Å²) in [6.07, 6.45) is 7.97. The lowest BCUT2D eigenvalue weighted by molar-refractivity contribution is 0.162. The van der Waals surface area contributed by atoms with E-state index in [1.165, 1.54) is 19.3 Å². The van der Waals surface area contributed by atoms with Gasteiger partial charge in [-0.15, -0.1) is 0 Å². The van der Waals surface area contributed by atoms with Crippen LogP contribution in [-0.4, -0.2) is 10.1 Å². The number of hydrogen-bond donors (Lipinski definition) is 1. The monoisotopic (exact) mass is 177 g/mol. The summed E-state index contributed by atoms with van der Waals surface area (Å²) >= 11 is 0. The number of pyridine rings is 1. The van der Waals surface area contributed by atoms with Crippen molar-refractivity contribution >= 4 is 0 Å². The van der Waals surface area contributed by atoms with Crippen molar-refractivity contribution in [2.75, 3.05) is 0 Å². The summed E-state index contributed by atoms with van der Waals surface area (Å²) in [4.78, 5) is 3.92. The third kappa shape index (κ3) is 2.52. The van der Waals surface area contributed by atoms with E-state index in [-0.39, 0.29) is 6.10 Å². The highest BCUT2D eigenvalue weighted by Crippen LogP contribution is 2.35. The van der Waals surface area contributed by atoms with Gasteiger partial charge in [0.25, 0.3) is 0 Å². The highest BCUT2D eigenvalue weighted by Gasteiger charge is 2.22. The number of hydrogen-bond acceptors (Lipinski definition) is 2. The predicted molar refractivity (Wildman–Crippen MR) is 51.2 cm³/mol. The average Bonchev–Trinajstić information content (AvgIpc) is 2.99. The Morgan fingerprint density at radius 1 is 1.38 bits per heavy atom. The van der Waals surface area contributed by atoms with Gasteiger partial charge in [0.2, 0.25) is 0 Å². The van der Waals surface area contributed by atoms with Gasteiger partial charge < -0.3 is 5.11 Å². The Kier molecular flexibility index (Phi) is 2.60. The van der Waals surface area contributed by atoms with Crippen LogP contribution in [0.2, 0.25) is 0 Å². The Labute approximate surface area is 78.6 Å². The van der Waals surface area contributed by atoms with Gasteiger partial charge in [-0.3, -0.25) is 4.98 Å². The number of aliphatic hydroxyl groups excluding tert-OH is 1. The highest BCUT2D eigenvalue weighted by molar-refractivity contribution is 5.12. The second-order valence-electron chi connectivity index (χ2n) is 3.82. The average molecular weight is 177 g/mol. The molecular formula is C11H15NO. The molecule has 1 unspecified atom stereocenters. The van der Waals surface area contributed by atoms with Crippen molar-refractivity contribution in [1.29, 1.82) is 0 Å². The largest absolute Gasteiger partial charge is 0.388 e. The lowest BCUT2D eigenvalue weighted by atomic mass is 10.0. The van der Waals surface area contributed by atoms with E-state index in [0.29, 0.717) is 0 Å². The Hall–Kier alpha value is -0.890. The van der Waals surface area contributed by atoms with Crippen molar-refractivity contribution in [1.82, 2.24) is 4.98 Å². The van der Waals surface area contributed by atoms with Crippen molar-refractivity contribution in [2.24, 2.45) is 5.92 Å². The fourth-order valence-corrected chi connectivity index (χ4v) is 1.55. The molecule has 2 rings (SSSR count). The van der Waals surface area contributed by atoms with Crippen molar-refractivity contribution in [3.05, 3.63) is 30.1 Å². The van der Waals surface area contributed by atoms with E-state index in [2.05, 4.69) is 4.98 Å². The second kappa shape index (κ2) is 3.88. The number of rotatable bonds is 4. The van der Waals surface area contributed by atoms with E-state index >= 15 is 0 Å². The lowest BCUT2D eigenvalue weighted by Crippen LogP contribution is -1.97. The van der Waals surface area contributed by atoms with Gasteiger partial charge in [0.1, 0.15) is 0 Å². The van der Waals surface area contributed by atoms with E-state index in [9.17, 15) is 5.11 Å². The van der Waals surface area contributed by atoms with Crippen LogP contribution in [0.15, 0.2) is 24.5 Å². The molecule has 0 amide bonds. The zero-order chi connectivity index (χ0) is 9.10. The maximum Gasteiger partial charge on any atom is 0.0791 e. The molecule has 1 aromatic heterocycles. The van der Waals surface area contributed by atoms with Crippen LogP contribution in [0.3, 0.4) is 0 Å². The third-order valence-electron chi connectivity index (χ3n) is 2.64. The molecular weight excluding hydrogens is 162 g/mol. The minimum Gasteiger partial charge on any atom is -0.388 e. The fraction of sp³-hybridized carbons (Fsp3) is 0.545. The summed E-state index contributed by atoms with van der Waals surface area (Å²) in [6, 6.07) is 3.77. The predicted octanol–water partition coefficient (Wildman–Crippen LogP) is 2.31. The Balaban J connectivity index is 1.85. The molecule has 1 aliphatic carbocycles. The first-order valence-electron chi connectivity index (χ1n) is 4.94. The topological polar surface area (TPSA) is 33.1 Å². The van der Waals surface area contributed by atoms with Crippen molar-refractivity contribution in [3.8, 4) is 0 Å². The molecule has 1 atom stereocenters. The summed E-state index contributed by atoms with van der Waals surface area (Å²) in [5.74, 6) is 0.900. The number of nitrogens with zero attached hydrogens (tertiary/aromatic N) is 1. The summed E-state index contributed by atoms with van der Waals surface area (Å²) in [5.41, 5.74) is 0.996. The van der Waals surface area contributed by atoms with Gasteiger partial charge in [-0.25, -0.2) is 0 Å². The van der Waals surface area contributed by atoms with Crippen molar-refractivity contribution < 1.29 is 5.11 Å². The second-order valence-corrected chi connectivity index (χ2v) is 3.82. The van der Waals surface area contributed by atoms with E-state index in [4.69, 9.17) is 0 Å². The van der Waals surface area contributed by atoms with Gasteiger partial charge in [-0.1, -0.05) is 12.8 Å². The molecule has 1 aromatic rings. The third-order valence-corrected chi connectivity index (χ3v) is 2.64. The normalized spacial score (nSPS) is 18.5. The maximum absolute atomic E-state index is 9.77. The molecule has 0 radical (unpaired) electrons. The first-order chi connectivity index (χ1) is 6.36. The van der Waals surface area contributed by atoms with Gasteiger partial charge in [0, 0.05) is 12.4 Å². The van der Waals surface area contributed by atoms with Crippen LogP contribution in [-0.2, 0) is 0 Å². The Morgan fingerprint density at radius 2 is 2.08 bits per heavy atom. The zero-order valence-corrected chi connectivity index (χ0v) is 7.69. The molecule has 0 aliphatic heterocycles. The van der Waals surface area contributed by atoms with Gasteiger partial charge >= 0.3 is 0 Å². The SMILES string of the molecule is OC(CCC1CC1)c1ccncc1. The van der Waals surface area contributed by atoms with E-state index in [1.807, 2.05) is 12.1 Å². The minimum absolute atomic E-state index is 0.288. The van der Waals surface area contributed by atoms with Crippen LogP contribution in [0.25, 0.3) is 0 Å². The van der Waals surface area contributed by atoms with Crippen LogP contribution >= 0.6 is 0 Å². The maximum atomic E-state index is 9.77. The van der Waals surface area contributed by atoms with Crippen LogP contribution in [0.5, 0.6) is 0 Å². The molecule has 1 fully saturated rings. The molecule has 13 heavy (non-hydrogen) atoms. The van der Waals surface area contributed by atoms with Crippen LogP contribution in [0, 0.1) is 5.92 Å². The van der Waals surface area contributed by atoms with Crippen LogP contribution in [0.1, 0.15) is 37.4 Å². The number of aliphatic hydroxyl groups is 1. The molecule has 0 bridgehead atoms. The Bertz CT molecular complexity index is 256. The van der Waals surface area contributed by atoms with E-state index in [1.54, 1.807) is 12.4 Å². The first-order valence-corrected chi connectivity index (χ1v) is 4.94. The summed E-state index contributed by atoms with van der Waals surface area (Å²) in [6.45, 7) is 0. The summed E-state index contributed by atoms with van der Waals surface area (Å²) in [7, 11) is 0. The summed E-state index contributed by atoms with van der Waals surface area (Å²) in [5, 5.41) is 9.77. The fourth-order valence-electron chi connectivity index (χ4n) is 1.55. The molecule has 1 heterocycles. The quantitative estimate of drug-likeness (QED) is 0.765. The van der Waals surface area contributed by atoms with Gasteiger partial charge in [-0.2, -0.15) is 0 Å². The minimum atomic E-state index is -0.288. The molecule has 0 saturated heterocycles. The zero-order valence-electron chi connectivity index (χ0n) is 7.69. The van der Waals surface area contributed by atoms with Crippen LogP contribution in [0.4, 0.5) is 0 Å². The van der Waals surface area contributed by atoms with Gasteiger partial charge in [0.05, 0.1) is 6.10 Å². The van der Waals surface area contributed by atoms with Crippen molar-refractivity contribution in [2.45, 2.75) is 31.8 Å². The molecule has 0 spiro atoms. The smallest absolute Gasteiger partial charge is 0.0791 e. The molecule has 1 N–H and O–H groups in total. The van der Waals surface area contributed by atoms with E-state index < -0.39 is 0 Å². The van der Waals surface area contributed by atoms with Crippen LogP contribution < -0.4 is 0 Å². The summed E-state index contributed by atoms with van der Waals surface area (Å²) < 4.78 is 0. The molecule has 0 aromatic carbocycles. The first kappa shape index (κ1) is 8.70. The Morgan fingerprint density at radius 3 is 2.69 bits per heavy atom. The molecule has 2 nitrogen and oxygen atoms in total. The molecule has 70 valence electrons. The molecule has 2 heteroatoms. The van der Waals surface area contributed by atoms with Gasteiger partial charge in [0.15, 0.2) is 0 Å². The lowest BCUT2D eigenvalue weighted by Gasteiger charge is -2.09.